The third-order valence-corrected chi connectivity index (χ3v) is 2.75. The minimum absolute atomic E-state index is 0.00330. The van der Waals surface area contributed by atoms with Crippen LogP contribution in [0.3, 0.4) is 0 Å². The summed E-state index contributed by atoms with van der Waals surface area (Å²) >= 11 is -0.669. The summed E-state index contributed by atoms with van der Waals surface area (Å²) in [6, 6.07) is 9.56. The van der Waals surface area contributed by atoms with E-state index in [1.54, 1.807) is 0 Å². The van der Waals surface area contributed by atoms with Gasteiger partial charge >= 0.3 is 11.2 Å². The Morgan fingerprint density at radius 2 is 1.90 bits per heavy atom. The van der Waals surface area contributed by atoms with Crippen LogP contribution in [0.2, 0.25) is 0 Å². The lowest BCUT2D eigenvalue weighted by Gasteiger charge is -2.12. The summed E-state index contributed by atoms with van der Waals surface area (Å²) in [6.07, 6.45) is 0.669. The Kier molecular flexibility index (Phi) is 8.16. The van der Waals surface area contributed by atoms with E-state index in [1.807, 2.05) is 30.3 Å². The van der Waals surface area contributed by atoms with Gasteiger partial charge in [0.1, 0.15) is 18.6 Å². The fourth-order valence-electron chi connectivity index (χ4n) is 1.31. The molecule has 0 bridgehead atoms. The topological polar surface area (TPSA) is 74.2 Å². The van der Waals surface area contributed by atoms with E-state index >= 15 is 0 Å². The average Bonchev–Trinajstić information content (AvgIpc) is 2.49. The van der Waals surface area contributed by atoms with Crippen molar-refractivity contribution >= 4 is 18.0 Å². The maximum Gasteiger partial charge on any atom is 0.415 e. The molecule has 0 radical (unpaired) electrons. The predicted octanol–water partition coefficient (Wildman–Crippen LogP) is 2.45. The van der Waals surface area contributed by atoms with E-state index in [9.17, 15) is 13.6 Å². The largest absolute Gasteiger partial charge is 0.458 e. The van der Waals surface area contributed by atoms with Gasteiger partial charge < -0.3 is 9.47 Å². The van der Waals surface area contributed by atoms with E-state index in [0.29, 0.717) is 13.0 Å². The van der Waals surface area contributed by atoms with Gasteiger partial charge in [0.15, 0.2) is 0 Å². The van der Waals surface area contributed by atoms with Crippen molar-refractivity contribution in [1.82, 2.24) is 0 Å². The van der Waals surface area contributed by atoms with Crippen LogP contribution in [0.25, 0.3) is 0 Å². The van der Waals surface area contributed by atoms with Crippen molar-refractivity contribution in [2.24, 2.45) is 0 Å². The van der Waals surface area contributed by atoms with E-state index < -0.39 is 23.3 Å². The number of hydrogen-bond donors (Lipinski definition) is 1. The zero-order chi connectivity index (χ0) is 15.6. The molecule has 6 nitrogen and oxygen atoms in total. The molecule has 1 rings (SSSR count). The molecule has 0 amide bonds. The van der Waals surface area contributed by atoms with Gasteiger partial charge in [-0.05, 0) is 12.0 Å². The SMILES string of the molecule is O=C(OCCOCCc1ccccc1)C(F)(F)SOOO. The van der Waals surface area contributed by atoms with Crippen LogP contribution in [-0.4, -0.2) is 36.3 Å². The monoisotopic (exact) mass is 324 g/mol. The quantitative estimate of drug-likeness (QED) is 0.233. The Morgan fingerprint density at radius 1 is 1.19 bits per heavy atom. The molecule has 0 spiro atoms. The van der Waals surface area contributed by atoms with Crippen LogP contribution in [0.1, 0.15) is 5.56 Å². The van der Waals surface area contributed by atoms with Crippen molar-refractivity contribution in [2.75, 3.05) is 19.8 Å². The number of esters is 1. The van der Waals surface area contributed by atoms with Gasteiger partial charge in [0.05, 0.1) is 13.2 Å². The van der Waals surface area contributed by atoms with Crippen molar-refractivity contribution in [2.45, 2.75) is 11.7 Å². The molecule has 0 aliphatic carbocycles. The summed E-state index contributed by atoms with van der Waals surface area (Å²) < 4.78 is 38.8. The third kappa shape index (κ3) is 7.34. The highest BCUT2D eigenvalue weighted by Gasteiger charge is 2.44. The molecule has 21 heavy (non-hydrogen) atoms. The van der Waals surface area contributed by atoms with Crippen molar-refractivity contribution in [3.8, 4) is 0 Å². The summed E-state index contributed by atoms with van der Waals surface area (Å²) in [7, 11) is 0. The van der Waals surface area contributed by atoms with Gasteiger partial charge in [0, 0.05) is 0 Å². The first-order valence-corrected chi connectivity index (χ1v) is 6.63. The summed E-state index contributed by atoms with van der Waals surface area (Å²) in [5, 5.41) is 6.73. The van der Waals surface area contributed by atoms with Crippen molar-refractivity contribution in [3.63, 3.8) is 0 Å². The summed E-state index contributed by atoms with van der Waals surface area (Å²) in [5.74, 6) is -1.81. The predicted molar refractivity (Wildman–Crippen MR) is 69.3 cm³/mol. The fraction of sp³-hybridized carbons (Fsp3) is 0.417. The molecule has 0 aliphatic heterocycles. The standard InChI is InChI=1S/C12H14F2O6S/c13-12(14,21-20-19-16)11(15)18-9-8-17-7-6-10-4-2-1-3-5-10/h1-5,16H,6-9H2. The van der Waals surface area contributed by atoms with Crippen LogP contribution in [0, 0.1) is 0 Å². The summed E-state index contributed by atoms with van der Waals surface area (Å²) in [6.45, 7) is 0.0641. The van der Waals surface area contributed by atoms with Gasteiger partial charge in [-0.25, -0.2) is 10.1 Å². The first kappa shape index (κ1) is 17.8. The molecular formula is C12H14F2O6S. The lowest BCUT2D eigenvalue weighted by molar-refractivity contribution is -0.433. The Balaban J connectivity index is 2.09. The molecule has 0 aliphatic rings. The van der Waals surface area contributed by atoms with Crippen LogP contribution in [-0.2, 0) is 30.1 Å². The third-order valence-electron chi connectivity index (χ3n) is 2.25. The Bertz CT molecular complexity index is 417. The molecule has 1 aromatic carbocycles. The highest BCUT2D eigenvalue weighted by Crippen LogP contribution is 2.31. The first-order valence-electron chi connectivity index (χ1n) is 5.89. The van der Waals surface area contributed by atoms with Gasteiger partial charge in [-0.2, -0.15) is 8.78 Å². The molecular weight excluding hydrogens is 310 g/mol. The minimum Gasteiger partial charge on any atom is -0.458 e. The average molecular weight is 324 g/mol. The van der Waals surface area contributed by atoms with Crippen molar-refractivity contribution in [1.29, 1.82) is 0 Å². The second kappa shape index (κ2) is 9.64. The van der Waals surface area contributed by atoms with E-state index in [-0.39, 0.29) is 13.2 Å². The molecule has 0 fully saturated rings. The number of benzene rings is 1. The van der Waals surface area contributed by atoms with Gasteiger partial charge in [0.2, 0.25) is 0 Å². The van der Waals surface area contributed by atoms with E-state index in [0.717, 1.165) is 5.56 Å². The number of rotatable bonds is 10. The van der Waals surface area contributed by atoms with Crippen LogP contribution in [0.15, 0.2) is 30.3 Å². The Hall–Kier alpha value is -1.26. The highest BCUT2D eigenvalue weighted by molar-refractivity contribution is 7.96. The lowest BCUT2D eigenvalue weighted by Crippen LogP contribution is -2.28. The molecule has 0 heterocycles. The Labute approximate surface area is 124 Å². The zero-order valence-electron chi connectivity index (χ0n) is 10.9. The second-order valence-electron chi connectivity index (χ2n) is 3.73. The molecule has 0 saturated heterocycles. The van der Waals surface area contributed by atoms with Crippen LogP contribution in [0.5, 0.6) is 0 Å². The van der Waals surface area contributed by atoms with Crippen LogP contribution < -0.4 is 0 Å². The minimum atomic E-state index is -3.98. The smallest absolute Gasteiger partial charge is 0.415 e. The molecule has 0 aromatic heterocycles. The maximum atomic E-state index is 12.9. The lowest BCUT2D eigenvalue weighted by atomic mass is 10.2. The van der Waals surface area contributed by atoms with Crippen molar-refractivity contribution < 1.29 is 37.7 Å². The number of alkyl halides is 2. The van der Waals surface area contributed by atoms with Gasteiger partial charge in [-0.1, -0.05) is 35.4 Å². The van der Waals surface area contributed by atoms with Crippen LogP contribution >= 0.6 is 12.0 Å². The molecule has 9 heteroatoms. The van der Waals surface area contributed by atoms with Gasteiger partial charge in [-0.15, -0.1) is 4.33 Å². The highest BCUT2D eigenvalue weighted by atomic mass is 32.2. The van der Waals surface area contributed by atoms with E-state index in [2.05, 4.69) is 14.1 Å². The molecule has 1 aromatic rings. The number of carbonyl (C=O) groups is 1. The molecule has 118 valence electrons. The normalized spacial score (nSPS) is 11.4. The molecule has 1 N–H and O–H groups in total. The number of carbonyl (C=O) groups excluding carboxylic acids is 1. The molecule has 0 unspecified atom stereocenters. The Morgan fingerprint density at radius 3 is 2.57 bits per heavy atom. The van der Waals surface area contributed by atoms with Gasteiger partial charge in [0.25, 0.3) is 0 Å². The van der Waals surface area contributed by atoms with E-state index in [1.165, 1.54) is 0 Å². The summed E-state index contributed by atoms with van der Waals surface area (Å²) in [5.41, 5.74) is 1.08. The maximum absolute atomic E-state index is 12.9. The first-order chi connectivity index (χ1) is 10.1. The number of ether oxygens (including phenoxy) is 2. The fourth-order valence-corrected chi connectivity index (χ4v) is 1.55. The number of halogens is 2. The summed E-state index contributed by atoms with van der Waals surface area (Å²) in [4.78, 5) is 11.0. The zero-order valence-corrected chi connectivity index (χ0v) is 11.7. The molecule has 0 atom stereocenters. The van der Waals surface area contributed by atoms with Gasteiger partial charge in [-0.3, -0.25) is 0 Å². The number of hydrogen-bond acceptors (Lipinski definition) is 7. The van der Waals surface area contributed by atoms with Crippen molar-refractivity contribution in [3.05, 3.63) is 35.9 Å². The molecule has 0 saturated carbocycles. The van der Waals surface area contributed by atoms with E-state index in [4.69, 9.17) is 9.99 Å². The van der Waals surface area contributed by atoms with Crippen LogP contribution in [0.4, 0.5) is 8.78 Å². The second-order valence-corrected chi connectivity index (χ2v) is 4.54.